The fourth-order valence-electron chi connectivity index (χ4n) is 3.28. The number of likely N-dealkylation sites (tertiary alicyclic amines) is 1. The molecule has 27 heavy (non-hydrogen) atoms. The molecule has 1 heterocycles. The van der Waals surface area contributed by atoms with Crippen LogP contribution in [0.1, 0.15) is 42.5 Å². The van der Waals surface area contributed by atoms with Gasteiger partial charge in [0.05, 0.1) is 12.6 Å². The van der Waals surface area contributed by atoms with Crippen LogP contribution in [-0.4, -0.2) is 47.2 Å². The molecule has 5 nitrogen and oxygen atoms in total. The zero-order valence-corrected chi connectivity index (χ0v) is 14.2. The van der Waals surface area contributed by atoms with E-state index < -0.39 is 49.8 Å². The van der Waals surface area contributed by atoms with Crippen molar-refractivity contribution in [2.24, 2.45) is 5.73 Å². The normalized spacial score (nSPS) is 24.0. The summed E-state index contributed by atoms with van der Waals surface area (Å²) in [6.07, 6.45) is -5.36. The fourth-order valence-corrected chi connectivity index (χ4v) is 3.28. The summed E-state index contributed by atoms with van der Waals surface area (Å²) in [7, 11) is 0. The lowest BCUT2D eigenvalue weighted by Gasteiger charge is -2.28. The number of nitrogens with two attached hydrogens (primary N) is 1. The molecule has 1 saturated carbocycles. The molecule has 0 aromatic heterocycles. The van der Waals surface area contributed by atoms with Crippen LogP contribution >= 0.6 is 0 Å². The average molecular weight is 394 g/mol. The van der Waals surface area contributed by atoms with E-state index in [1.165, 1.54) is 18.2 Å². The molecule has 1 aromatic rings. The van der Waals surface area contributed by atoms with E-state index in [-0.39, 0.29) is 17.2 Å². The van der Waals surface area contributed by atoms with Gasteiger partial charge in [0.15, 0.2) is 6.61 Å². The van der Waals surface area contributed by atoms with Gasteiger partial charge in [0.1, 0.15) is 12.0 Å². The highest BCUT2D eigenvalue weighted by atomic mass is 19.4. The topological polar surface area (TPSA) is 75.8 Å². The first-order valence-electron chi connectivity index (χ1n) is 8.41. The van der Waals surface area contributed by atoms with Crippen molar-refractivity contribution in [1.29, 1.82) is 0 Å². The molecule has 1 saturated heterocycles. The van der Waals surface area contributed by atoms with Gasteiger partial charge in [0.25, 0.3) is 5.92 Å². The van der Waals surface area contributed by atoms with Gasteiger partial charge in [-0.05, 0) is 36.0 Å². The van der Waals surface area contributed by atoms with Crippen LogP contribution in [-0.2, 0) is 4.79 Å². The lowest BCUT2D eigenvalue weighted by Crippen LogP contribution is -2.42. The molecule has 0 radical (unpaired) electrons. The molecule has 1 aliphatic heterocycles. The molecule has 1 aliphatic carbocycles. The third-order valence-electron chi connectivity index (χ3n) is 4.69. The van der Waals surface area contributed by atoms with Crippen molar-refractivity contribution in [3.05, 3.63) is 29.3 Å². The molecular formula is C17H19F5N2O3. The maximum atomic E-state index is 13.7. The van der Waals surface area contributed by atoms with E-state index in [9.17, 15) is 31.9 Å². The van der Waals surface area contributed by atoms with Gasteiger partial charge >= 0.3 is 6.18 Å². The first-order chi connectivity index (χ1) is 12.5. The van der Waals surface area contributed by atoms with Crippen molar-refractivity contribution >= 4 is 5.91 Å². The Hall–Kier alpha value is -1.94. The van der Waals surface area contributed by atoms with Gasteiger partial charge < -0.3 is 15.6 Å². The maximum absolute atomic E-state index is 13.7. The SMILES string of the molecule is NC(=O)[C@@H]1CC(F)(F)CN1C(O)c1ccc(C2CC2)c(OCC(F)(F)F)c1. The van der Waals surface area contributed by atoms with Gasteiger partial charge in [0, 0.05) is 6.42 Å². The highest BCUT2D eigenvalue weighted by molar-refractivity contribution is 5.80. The number of hydrogen-bond donors (Lipinski definition) is 2. The zero-order valence-electron chi connectivity index (χ0n) is 14.2. The Labute approximate surface area is 151 Å². The van der Waals surface area contributed by atoms with Gasteiger partial charge in [-0.15, -0.1) is 0 Å². The number of primary amides is 1. The summed E-state index contributed by atoms with van der Waals surface area (Å²) in [4.78, 5) is 12.3. The molecule has 3 rings (SSSR count). The predicted molar refractivity (Wildman–Crippen MR) is 84.2 cm³/mol. The van der Waals surface area contributed by atoms with Gasteiger partial charge in [0.2, 0.25) is 5.91 Å². The lowest BCUT2D eigenvalue weighted by atomic mass is 10.0. The summed E-state index contributed by atoms with van der Waals surface area (Å²) in [5.74, 6) is -4.18. The number of nitrogens with zero attached hydrogens (tertiary/aromatic N) is 1. The molecule has 150 valence electrons. The van der Waals surface area contributed by atoms with Crippen LogP contribution in [0.4, 0.5) is 22.0 Å². The summed E-state index contributed by atoms with van der Waals surface area (Å²) < 4.78 is 69.7. The number of carbonyl (C=O) groups is 1. The minimum absolute atomic E-state index is 0.0482. The van der Waals surface area contributed by atoms with E-state index in [2.05, 4.69) is 0 Å². The van der Waals surface area contributed by atoms with E-state index in [0.717, 1.165) is 17.7 Å². The Balaban J connectivity index is 1.86. The van der Waals surface area contributed by atoms with Gasteiger partial charge in [-0.25, -0.2) is 8.78 Å². The molecular weight excluding hydrogens is 375 g/mol. The monoisotopic (exact) mass is 394 g/mol. The number of alkyl halides is 5. The molecule has 1 aromatic carbocycles. The largest absolute Gasteiger partial charge is 0.484 e. The minimum Gasteiger partial charge on any atom is -0.484 e. The van der Waals surface area contributed by atoms with Crippen molar-refractivity contribution in [1.82, 2.24) is 4.90 Å². The quantitative estimate of drug-likeness (QED) is 0.728. The van der Waals surface area contributed by atoms with Crippen LogP contribution in [0.3, 0.4) is 0 Å². The van der Waals surface area contributed by atoms with Gasteiger partial charge in [-0.2, -0.15) is 13.2 Å². The van der Waals surface area contributed by atoms with Crippen LogP contribution < -0.4 is 10.5 Å². The summed E-state index contributed by atoms with van der Waals surface area (Å²) in [5, 5.41) is 10.5. The first-order valence-corrected chi connectivity index (χ1v) is 8.41. The Morgan fingerprint density at radius 3 is 2.59 bits per heavy atom. The van der Waals surface area contributed by atoms with Crippen LogP contribution in [0.25, 0.3) is 0 Å². The van der Waals surface area contributed by atoms with Crippen molar-refractivity contribution in [3.63, 3.8) is 0 Å². The number of hydrogen-bond acceptors (Lipinski definition) is 4. The zero-order chi connectivity index (χ0) is 20.0. The standard InChI is InChI=1S/C17H19F5N2O3/c18-16(19)6-12(14(23)25)24(7-16)15(26)10-3-4-11(9-1-2-9)13(5-10)27-8-17(20,21)22/h3-5,9,12,15,26H,1-2,6-8H2,(H2,23,25)/t12-,15?/m0/s1. The van der Waals surface area contributed by atoms with E-state index in [1.54, 1.807) is 0 Å². The average Bonchev–Trinajstić information content (AvgIpc) is 3.34. The molecule has 0 spiro atoms. The van der Waals surface area contributed by atoms with E-state index in [1.807, 2.05) is 0 Å². The molecule has 10 heteroatoms. The second kappa shape index (κ2) is 6.90. The van der Waals surface area contributed by atoms with Crippen LogP contribution in [0.2, 0.25) is 0 Å². The van der Waals surface area contributed by atoms with Crippen molar-refractivity contribution in [2.45, 2.75) is 49.5 Å². The molecule has 2 aliphatic rings. The fraction of sp³-hybridized carbons (Fsp3) is 0.588. The molecule has 3 N–H and O–H groups in total. The van der Waals surface area contributed by atoms with Gasteiger partial charge in [-0.1, -0.05) is 12.1 Å². The number of carbonyl (C=O) groups excluding carboxylic acids is 1. The summed E-state index contributed by atoms with van der Waals surface area (Å²) in [6.45, 7) is -2.39. The molecule has 0 bridgehead atoms. The predicted octanol–water partition coefficient (Wildman–Crippen LogP) is 2.69. The Morgan fingerprint density at radius 1 is 1.37 bits per heavy atom. The second-order valence-corrected chi connectivity index (χ2v) is 7.00. The summed E-state index contributed by atoms with van der Waals surface area (Å²) in [5.41, 5.74) is 5.78. The number of ether oxygens (including phenoxy) is 1. The maximum Gasteiger partial charge on any atom is 0.422 e. The molecule has 1 unspecified atom stereocenters. The van der Waals surface area contributed by atoms with E-state index in [0.29, 0.717) is 5.56 Å². The van der Waals surface area contributed by atoms with Crippen LogP contribution in [0.5, 0.6) is 5.75 Å². The third kappa shape index (κ3) is 4.67. The number of benzene rings is 1. The first kappa shape index (κ1) is 19.8. The smallest absolute Gasteiger partial charge is 0.422 e. The Bertz CT molecular complexity index is 721. The number of amides is 1. The van der Waals surface area contributed by atoms with Crippen LogP contribution in [0, 0.1) is 0 Å². The van der Waals surface area contributed by atoms with Crippen molar-refractivity contribution < 1.29 is 36.6 Å². The Kier molecular flexibility index (Phi) is 5.06. The lowest BCUT2D eigenvalue weighted by molar-refractivity contribution is -0.153. The highest BCUT2D eigenvalue weighted by Gasteiger charge is 2.49. The molecule has 2 atom stereocenters. The highest BCUT2D eigenvalue weighted by Crippen LogP contribution is 2.46. The van der Waals surface area contributed by atoms with E-state index >= 15 is 0 Å². The molecule has 2 fully saturated rings. The third-order valence-corrected chi connectivity index (χ3v) is 4.69. The molecule has 1 amide bonds. The second-order valence-electron chi connectivity index (χ2n) is 7.00. The van der Waals surface area contributed by atoms with E-state index in [4.69, 9.17) is 10.5 Å². The summed E-state index contributed by atoms with van der Waals surface area (Å²) >= 11 is 0. The van der Waals surface area contributed by atoms with Gasteiger partial charge in [-0.3, -0.25) is 9.69 Å². The number of aliphatic hydroxyl groups excluding tert-OH is 1. The summed E-state index contributed by atoms with van der Waals surface area (Å²) in [6, 6.07) is 2.79. The van der Waals surface area contributed by atoms with Crippen molar-refractivity contribution in [3.8, 4) is 5.75 Å². The van der Waals surface area contributed by atoms with Crippen LogP contribution in [0.15, 0.2) is 18.2 Å². The van der Waals surface area contributed by atoms with Crippen molar-refractivity contribution in [2.75, 3.05) is 13.2 Å². The number of aliphatic hydroxyl groups is 1. The number of rotatable bonds is 6. The number of halogens is 5. The minimum atomic E-state index is -4.54. The Morgan fingerprint density at radius 2 is 2.04 bits per heavy atom.